The van der Waals surface area contributed by atoms with E-state index in [1.807, 2.05) is 6.92 Å². The number of carbonyl (C=O) groups is 1. The van der Waals surface area contributed by atoms with Crippen LogP contribution in [-0.2, 0) is 16.6 Å². The van der Waals surface area contributed by atoms with Gasteiger partial charge in [0.05, 0.1) is 25.3 Å². The van der Waals surface area contributed by atoms with E-state index in [1.165, 1.54) is 7.11 Å². The second-order valence-electron chi connectivity index (χ2n) is 4.16. The van der Waals surface area contributed by atoms with Gasteiger partial charge in [-0.25, -0.2) is 0 Å². The van der Waals surface area contributed by atoms with Gasteiger partial charge < -0.3 is 9.84 Å². The van der Waals surface area contributed by atoms with E-state index < -0.39 is 12.0 Å². The maximum Gasteiger partial charge on any atom is 0.311 e. The Labute approximate surface area is 101 Å². The lowest BCUT2D eigenvalue weighted by Gasteiger charge is -2.19. The number of carbonyl (C=O) groups excluding carboxylic acids is 1. The molecule has 0 fully saturated rings. The van der Waals surface area contributed by atoms with Crippen molar-refractivity contribution < 1.29 is 14.6 Å². The number of rotatable bonds is 6. The lowest BCUT2D eigenvalue weighted by molar-refractivity contribution is -0.150. The molecule has 2 atom stereocenters. The van der Waals surface area contributed by atoms with Crippen LogP contribution in [0.4, 0.5) is 0 Å². The van der Waals surface area contributed by atoms with Crippen LogP contribution in [0.15, 0.2) is 12.4 Å². The molecule has 2 unspecified atom stereocenters. The highest BCUT2D eigenvalue weighted by atomic mass is 16.5. The Bertz CT molecular complexity index is 362. The molecule has 0 spiro atoms. The molecule has 1 N–H and O–H groups in total. The summed E-state index contributed by atoms with van der Waals surface area (Å²) in [4.78, 5) is 11.6. The Morgan fingerprint density at radius 3 is 2.82 bits per heavy atom. The molecule has 0 aliphatic heterocycles. The van der Waals surface area contributed by atoms with Crippen LogP contribution >= 0.6 is 0 Å². The highest BCUT2D eigenvalue weighted by molar-refractivity contribution is 5.73. The third-order valence-electron chi connectivity index (χ3n) is 2.82. The van der Waals surface area contributed by atoms with Gasteiger partial charge in [0.2, 0.25) is 0 Å². The van der Waals surface area contributed by atoms with Crippen molar-refractivity contribution >= 4 is 5.97 Å². The van der Waals surface area contributed by atoms with Crippen LogP contribution in [0.3, 0.4) is 0 Å². The zero-order valence-electron chi connectivity index (χ0n) is 10.6. The number of nitrogens with zero attached hydrogens (tertiary/aromatic N) is 2. The Morgan fingerprint density at radius 2 is 2.35 bits per heavy atom. The molecule has 1 aromatic rings. The highest BCUT2D eigenvalue weighted by Crippen LogP contribution is 2.27. The molecule has 0 bridgehead atoms. The van der Waals surface area contributed by atoms with Crippen LogP contribution in [-0.4, -0.2) is 28.0 Å². The summed E-state index contributed by atoms with van der Waals surface area (Å²) in [5, 5.41) is 14.2. The summed E-state index contributed by atoms with van der Waals surface area (Å²) < 4.78 is 6.34. The number of aryl methyl sites for hydroxylation is 1. The topological polar surface area (TPSA) is 64.3 Å². The maximum atomic E-state index is 11.6. The van der Waals surface area contributed by atoms with Gasteiger partial charge in [-0.15, -0.1) is 0 Å². The first kappa shape index (κ1) is 13.7. The molecule has 0 amide bonds. The first-order valence-electron chi connectivity index (χ1n) is 5.84. The number of aliphatic hydroxyl groups is 1. The summed E-state index contributed by atoms with van der Waals surface area (Å²) in [5.74, 6) is -0.876. The van der Waals surface area contributed by atoms with E-state index in [2.05, 4.69) is 5.10 Å². The van der Waals surface area contributed by atoms with E-state index in [1.54, 1.807) is 24.1 Å². The van der Waals surface area contributed by atoms with Crippen molar-refractivity contribution in [3.63, 3.8) is 0 Å². The fourth-order valence-electron chi connectivity index (χ4n) is 1.81. The highest BCUT2D eigenvalue weighted by Gasteiger charge is 2.29. The molecule has 0 saturated heterocycles. The van der Waals surface area contributed by atoms with Gasteiger partial charge in [0.25, 0.3) is 0 Å². The molecule has 5 heteroatoms. The van der Waals surface area contributed by atoms with Gasteiger partial charge in [0, 0.05) is 18.8 Å². The molecule has 0 aliphatic carbocycles. The maximum absolute atomic E-state index is 11.6. The van der Waals surface area contributed by atoms with E-state index >= 15 is 0 Å². The average molecular weight is 240 g/mol. The Kier molecular flexibility index (Phi) is 5.15. The Balaban J connectivity index is 2.78. The number of esters is 1. The summed E-state index contributed by atoms with van der Waals surface area (Å²) in [7, 11) is 3.12. The fourth-order valence-corrected chi connectivity index (χ4v) is 1.81. The molecular formula is C12H20N2O3. The molecule has 0 radical (unpaired) electrons. The van der Waals surface area contributed by atoms with Gasteiger partial charge in [-0.1, -0.05) is 19.8 Å². The third kappa shape index (κ3) is 3.56. The van der Waals surface area contributed by atoms with Crippen LogP contribution in [0.25, 0.3) is 0 Å². The SMILES string of the molecule is CCCCC(C(=O)OC)C(O)c1cnn(C)c1. The molecule has 1 heterocycles. The average Bonchev–Trinajstić information content (AvgIpc) is 2.75. The number of aliphatic hydroxyl groups excluding tert-OH is 1. The molecule has 1 aromatic heterocycles. The number of aromatic nitrogens is 2. The van der Waals surface area contributed by atoms with Gasteiger partial charge >= 0.3 is 5.97 Å². The third-order valence-corrected chi connectivity index (χ3v) is 2.82. The van der Waals surface area contributed by atoms with Crippen molar-refractivity contribution in [2.45, 2.75) is 32.3 Å². The number of methoxy groups -OCH3 is 1. The van der Waals surface area contributed by atoms with Gasteiger partial charge in [-0.2, -0.15) is 5.10 Å². The molecule has 0 aromatic carbocycles. The predicted octanol–water partition coefficient (Wildman–Crippen LogP) is 1.43. The second kappa shape index (κ2) is 6.39. The number of hydrogen-bond donors (Lipinski definition) is 1. The van der Waals surface area contributed by atoms with Crippen LogP contribution in [0.2, 0.25) is 0 Å². The quantitative estimate of drug-likeness (QED) is 0.764. The van der Waals surface area contributed by atoms with Crippen LogP contribution in [0.5, 0.6) is 0 Å². The van der Waals surface area contributed by atoms with Crippen molar-refractivity contribution in [3.05, 3.63) is 18.0 Å². The normalized spacial score (nSPS) is 14.4. The van der Waals surface area contributed by atoms with Crippen molar-refractivity contribution in [1.29, 1.82) is 0 Å². The molecule has 96 valence electrons. The van der Waals surface area contributed by atoms with Crippen LogP contribution in [0.1, 0.15) is 37.9 Å². The standard InChI is InChI=1S/C12H20N2O3/c1-4-5-6-10(12(16)17-3)11(15)9-7-13-14(2)8-9/h7-8,10-11,15H,4-6H2,1-3H3. The monoisotopic (exact) mass is 240 g/mol. The van der Waals surface area contributed by atoms with E-state index in [4.69, 9.17) is 4.74 Å². The number of hydrogen-bond acceptors (Lipinski definition) is 4. The van der Waals surface area contributed by atoms with Crippen molar-refractivity contribution in [2.75, 3.05) is 7.11 Å². The molecular weight excluding hydrogens is 220 g/mol. The minimum atomic E-state index is -0.845. The minimum Gasteiger partial charge on any atom is -0.469 e. The smallest absolute Gasteiger partial charge is 0.311 e. The molecule has 0 saturated carbocycles. The summed E-state index contributed by atoms with van der Waals surface area (Å²) >= 11 is 0. The Morgan fingerprint density at radius 1 is 1.65 bits per heavy atom. The van der Waals surface area contributed by atoms with Crippen LogP contribution in [0, 0.1) is 5.92 Å². The summed E-state index contributed by atoms with van der Waals surface area (Å²) in [6, 6.07) is 0. The fraction of sp³-hybridized carbons (Fsp3) is 0.667. The second-order valence-corrected chi connectivity index (χ2v) is 4.16. The minimum absolute atomic E-state index is 0.366. The zero-order valence-corrected chi connectivity index (χ0v) is 10.6. The number of unbranched alkanes of at least 4 members (excludes halogenated alkanes) is 1. The van der Waals surface area contributed by atoms with Gasteiger partial charge in [-0.3, -0.25) is 9.48 Å². The molecule has 17 heavy (non-hydrogen) atoms. The lowest BCUT2D eigenvalue weighted by atomic mass is 9.93. The Hall–Kier alpha value is -1.36. The number of ether oxygens (including phenoxy) is 1. The predicted molar refractivity (Wildman–Crippen MR) is 63.2 cm³/mol. The van der Waals surface area contributed by atoms with Crippen molar-refractivity contribution in [3.8, 4) is 0 Å². The van der Waals surface area contributed by atoms with Crippen LogP contribution < -0.4 is 0 Å². The zero-order chi connectivity index (χ0) is 12.8. The van der Waals surface area contributed by atoms with E-state index in [0.29, 0.717) is 12.0 Å². The van der Waals surface area contributed by atoms with Gasteiger partial charge in [0.15, 0.2) is 0 Å². The lowest BCUT2D eigenvalue weighted by Crippen LogP contribution is -2.23. The van der Waals surface area contributed by atoms with E-state index in [9.17, 15) is 9.90 Å². The molecule has 5 nitrogen and oxygen atoms in total. The first-order chi connectivity index (χ1) is 8.10. The summed E-state index contributed by atoms with van der Waals surface area (Å²) in [5.41, 5.74) is 0.652. The van der Waals surface area contributed by atoms with Gasteiger partial charge in [-0.05, 0) is 6.42 Å². The summed E-state index contributed by atoms with van der Waals surface area (Å²) in [6.45, 7) is 2.05. The summed E-state index contributed by atoms with van der Waals surface area (Å²) in [6.07, 6.45) is 4.94. The van der Waals surface area contributed by atoms with Gasteiger partial charge in [0.1, 0.15) is 0 Å². The van der Waals surface area contributed by atoms with E-state index in [-0.39, 0.29) is 5.97 Å². The van der Waals surface area contributed by atoms with E-state index in [0.717, 1.165) is 12.8 Å². The first-order valence-corrected chi connectivity index (χ1v) is 5.84. The molecule has 0 aliphatic rings. The molecule has 1 rings (SSSR count). The van der Waals surface area contributed by atoms with Crippen molar-refractivity contribution in [2.24, 2.45) is 13.0 Å². The largest absolute Gasteiger partial charge is 0.469 e. The van der Waals surface area contributed by atoms with Crippen molar-refractivity contribution in [1.82, 2.24) is 9.78 Å².